The second-order valence-electron chi connectivity index (χ2n) is 11.1. The quantitative estimate of drug-likeness (QED) is 0.363. The SMILES string of the molecule is CCOC(=O)C12CC(CNCc3cccc4c3C(=O)N(C3CCC(=O)NC3=O)C4)(C1)OC21CCNCC1. The highest BCUT2D eigenvalue weighted by molar-refractivity contribution is 6.06. The first-order valence-corrected chi connectivity index (χ1v) is 13.4. The molecule has 1 atom stereocenters. The summed E-state index contributed by atoms with van der Waals surface area (Å²) in [6.45, 7) is 5.28. The first-order chi connectivity index (χ1) is 17.8. The van der Waals surface area contributed by atoms with Gasteiger partial charge in [0.25, 0.3) is 5.91 Å². The van der Waals surface area contributed by atoms with Crippen molar-refractivity contribution in [1.82, 2.24) is 20.9 Å². The van der Waals surface area contributed by atoms with E-state index in [1.54, 1.807) is 4.90 Å². The van der Waals surface area contributed by atoms with Crippen LogP contribution in [0.25, 0.3) is 0 Å². The van der Waals surface area contributed by atoms with Gasteiger partial charge in [-0.3, -0.25) is 24.5 Å². The zero-order chi connectivity index (χ0) is 25.8. The van der Waals surface area contributed by atoms with E-state index in [1.807, 2.05) is 25.1 Å². The molecule has 5 fully saturated rings. The summed E-state index contributed by atoms with van der Waals surface area (Å²) in [6, 6.07) is 5.15. The maximum Gasteiger partial charge on any atom is 0.315 e. The van der Waals surface area contributed by atoms with Gasteiger partial charge in [-0.05, 0) is 63.2 Å². The Balaban J connectivity index is 1.14. The fourth-order valence-electron chi connectivity index (χ4n) is 7.39. The van der Waals surface area contributed by atoms with Crippen molar-refractivity contribution in [1.29, 1.82) is 0 Å². The molecule has 1 aromatic carbocycles. The molecule has 1 spiro atoms. The van der Waals surface area contributed by atoms with Crippen LogP contribution >= 0.6 is 0 Å². The molecular weight excluding hydrogens is 476 g/mol. The third-order valence-corrected chi connectivity index (χ3v) is 9.01. The fraction of sp³-hybridized carbons (Fsp3) is 0.630. The number of fused-ring (bicyclic) bond motifs is 1. The van der Waals surface area contributed by atoms with Crippen LogP contribution in [0, 0.1) is 5.41 Å². The third kappa shape index (κ3) is 3.72. The number of piperidine rings is 2. The predicted molar refractivity (Wildman–Crippen MR) is 131 cm³/mol. The van der Waals surface area contributed by atoms with Gasteiger partial charge in [0.1, 0.15) is 11.5 Å². The zero-order valence-electron chi connectivity index (χ0n) is 21.2. The van der Waals surface area contributed by atoms with Crippen LogP contribution in [0.2, 0.25) is 0 Å². The van der Waals surface area contributed by atoms with Crippen LogP contribution in [0.1, 0.15) is 66.9 Å². The first-order valence-electron chi connectivity index (χ1n) is 13.4. The Hall–Kier alpha value is -2.82. The lowest BCUT2D eigenvalue weighted by Crippen LogP contribution is -2.59. The Bertz CT molecular complexity index is 1150. The summed E-state index contributed by atoms with van der Waals surface area (Å²) in [5, 5.41) is 9.23. The minimum atomic E-state index is -0.628. The van der Waals surface area contributed by atoms with Crippen molar-refractivity contribution in [2.45, 2.75) is 75.8 Å². The number of nitrogens with one attached hydrogen (secondary N) is 3. The van der Waals surface area contributed by atoms with Crippen molar-refractivity contribution in [2.24, 2.45) is 5.41 Å². The number of imide groups is 1. The van der Waals surface area contributed by atoms with Gasteiger partial charge in [0.05, 0.1) is 17.8 Å². The molecule has 6 aliphatic rings. The van der Waals surface area contributed by atoms with Crippen molar-refractivity contribution in [3.05, 3.63) is 34.9 Å². The van der Waals surface area contributed by atoms with E-state index in [4.69, 9.17) is 9.47 Å². The second kappa shape index (κ2) is 8.89. The molecule has 3 amide bonds. The standard InChI is InChI=1S/C27H34N4O6/c1-2-36-24(35)26-14-25(15-26,37-27(26)8-10-28-11-9-27)16-29-12-17-4-3-5-18-13-31(23(34)21(17)18)19-6-7-20(32)30-22(19)33/h3-5,19,28-29H,2,6-16H2,1H3,(H,30,32,33). The number of amides is 3. The maximum absolute atomic E-state index is 13.4. The lowest BCUT2D eigenvalue weighted by molar-refractivity contribution is -0.166. The summed E-state index contributed by atoms with van der Waals surface area (Å²) in [5.41, 5.74) is 0.943. The second-order valence-corrected chi connectivity index (χ2v) is 11.1. The van der Waals surface area contributed by atoms with E-state index >= 15 is 0 Å². The van der Waals surface area contributed by atoms with Gasteiger partial charge in [0.2, 0.25) is 11.8 Å². The molecule has 7 rings (SSSR count). The number of nitrogens with zero attached hydrogens (tertiary/aromatic N) is 1. The van der Waals surface area contributed by atoms with Gasteiger partial charge < -0.3 is 25.0 Å². The molecule has 37 heavy (non-hydrogen) atoms. The summed E-state index contributed by atoms with van der Waals surface area (Å²) in [5.74, 6) is -1.00. The molecule has 1 aliphatic carbocycles. The summed E-state index contributed by atoms with van der Waals surface area (Å²) >= 11 is 0. The van der Waals surface area contributed by atoms with Crippen molar-refractivity contribution in [3.63, 3.8) is 0 Å². The van der Waals surface area contributed by atoms with Gasteiger partial charge >= 0.3 is 5.97 Å². The highest BCUT2D eigenvalue weighted by Gasteiger charge is 2.78. The molecule has 10 nitrogen and oxygen atoms in total. The minimum absolute atomic E-state index is 0.134. The largest absolute Gasteiger partial charge is 0.465 e. The average molecular weight is 511 g/mol. The van der Waals surface area contributed by atoms with Crippen molar-refractivity contribution >= 4 is 23.7 Å². The molecule has 1 saturated carbocycles. The van der Waals surface area contributed by atoms with Crippen LogP contribution in [-0.2, 0) is 36.9 Å². The lowest BCUT2D eigenvalue weighted by atomic mass is 9.54. The number of benzene rings is 1. The monoisotopic (exact) mass is 510 g/mol. The number of ether oxygens (including phenoxy) is 2. The van der Waals surface area contributed by atoms with E-state index in [0.717, 1.165) is 37.1 Å². The minimum Gasteiger partial charge on any atom is -0.465 e. The predicted octanol–water partition coefficient (Wildman–Crippen LogP) is 0.772. The van der Waals surface area contributed by atoms with Gasteiger partial charge in [0.15, 0.2) is 0 Å². The van der Waals surface area contributed by atoms with Crippen molar-refractivity contribution in [2.75, 3.05) is 26.2 Å². The van der Waals surface area contributed by atoms with Crippen LogP contribution in [0.3, 0.4) is 0 Å². The lowest BCUT2D eigenvalue weighted by Gasteiger charge is -2.47. The molecule has 2 bridgehead atoms. The van der Waals surface area contributed by atoms with Crippen molar-refractivity contribution in [3.8, 4) is 0 Å². The summed E-state index contributed by atoms with van der Waals surface area (Å²) in [6.07, 6.45) is 3.48. The Morgan fingerprint density at radius 2 is 2.00 bits per heavy atom. The zero-order valence-corrected chi connectivity index (χ0v) is 21.2. The number of rotatable bonds is 7. The van der Waals surface area contributed by atoms with E-state index in [2.05, 4.69) is 16.0 Å². The molecule has 5 heterocycles. The van der Waals surface area contributed by atoms with Crippen LogP contribution in [0.15, 0.2) is 18.2 Å². The number of hydrogen-bond donors (Lipinski definition) is 3. The molecule has 198 valence electrons. The Morgan fingerprint density at radius 3 is 2.73 bits per heavy atom. The van der Waals surface area contributed by atoms with E-state index in [-0.39, 0.29) is 24.2 Å². The molecule has 10 heteroatoms. The molecule has 5 aliphatic heterocycles. The smallest absolute Gasteiger partial charge is 0.315 e. The molecule has 1 aromatic rings. The molecule has 0 radical (unpaired) electrons. The Labute approximate surface area is 215 Å². The van der Waals surface area contributed by atoms with E-state index in [0.29, 0.717) is 51.1 Å². The Morgan fingerprint density at radius 1 is 1.22 bits per heavy atom. The third-order valence-electron chi connectivity index (χ3n) is 9.01. The van der Waals surface area contributed by atoms with Crippen molar-refractivity contribution < 1.29 is 28.7 Å². The maximum atomic E-state index is 13.4. The molecule has 3 N–H and O–H groups in total. The molecule has 1 unspecified atom stereocenters. The van der Waals surface area contributed by atoms with Crippen LogP contribution in [0.4, 0.5) is 0 Å². The topological polar surface area (TPSA) is 126 Å². The summed E-state index contributed by atoms with van der Waals surface area (Å²) < 4.78 is 12.2. The number of carbonyl (C=O) groups is 4. The molecule has 4 saturated heterocycles. The average Bonchev–Trinajstić information content (AvgIpc) is 3.42. The fourth-order valence-corrected chi connectivity index (χ4v) is 7.39. The van der Waals surface area contributed by atoms with Crippen LogP contribution in [-0.4, -0.2) is 72.1 Å². The van der Waals surface area contributed by atoms with E-state index < -0.39 is 28.6 Å². The van der Waals surface area contributed by atoms with Gasteiger partial charge in [-0.15, -0.1) is 0 Å². The summed E-state index contributed by atoms with van der Waals surface area (Å²) in [7, 11) is 0. The number of esters is 1. The van der Waals surface area contributed by atoms with Gasteiger partial charge in [-0.2, -0.15) is 0 Å². The van der Waals surface area contributed by atoms with Gasteiger partial charge in [-0.25, -0.2) is 0 Å². The molecule has 0 aromatic heterocycles. The summed E-state index contributed by atoms with van der Waals surface area (Å²) in [4.78, 5) is 51.9. The Kier molecular flexibility index (Phi) is 5.89. The molecular formula is C27H34N4O6. The van der Waals surface area contributed by atoms with E-state index in [1.165, 1.54) is 0 Å². The highest BCUT2D eigenvalue weighted by Crippen LogP contribution is 2.69. The van der Waals surface area contributed by atoms with Crippen LogP contribution in [0.5, 0.6) is 0 Å². The highest BCUT2D eigenvalue weighted by atomic mass is 16.6. The first kappa shape index (κ1) is 24.5. The van der Waals surface area contributed by atoms with Gasteiger partial charge in [-0.1, -0.05) is 18.2 Å². The van der Waals surface area contributed by atoms with Gasteiger partial charge in [0, 0.05) is 31.6 Å². The number of hydrogen-bond acceptors (Lipinski definition) is 8. The number of carbonyl (C=O) groups excluding carboxylic acids is 4. The van der Waals surface area contributed by atoms with E-state index in [9.17, 15) is 19.2 Å². The normalized spacial score (nSPS) is 31.8. The van der Waals surface area contributed by atoms with Crippen LogP contribution < -0.4 is 16.0 Å².